The van der Waals surface area contributed by atoms with E-state index in [1.165, 1.54) is 29.8 Å². The number of hydrogen-bond donors (Lipinski definition) is 3. The topological polar surface area (TPSA) is 73.5 Å². The molecular weight excluding hydrogens is 455 g/mol. The molecule has 2 fully saturated rings. The van der Waals surface area contributed by atoms with Gasteiger partial charge in [0.1, 0.15) is 5.82 Å². The Bertz CT molecular complexity index is 1110. The van der Waals surface area contributed by atoms with Crippen LogP contribution in [0.25, 0.3) is 0 Å². The highest BCUT2D eigenvalue weighted by atomic mass is 19.1. The largest absolute Gasteiger partial charge is 0.382 e. The normalized spacial score (nSPS) is 29.0. The highest BCUT2D eigenvalue weighted by Crippen LogP contribution is 2.50. The van der Waals surface area contributed by atoms with Crippen molar-refractivity contribution in [1.29, 1.82) is 0 Å². The van der Waals surface area contributed by atoms with Crippen molar-refractivity contribution >= 4 is 23.3 Å². The van der Waals surface area contributed by atoms with Crippen LogP contribution in [0.2, 0.25) is 0 Å². The molecule has 6 nitrogen and oxygen atoms in total. The third kappa shape index (κ3) is 4.56. The van der Waals surface area contributed by atoms with Crippen LogP contribution in [0.15, 0.2) is 48.5 Å². The predicted octanol–water partition coefficient (Wildman–Crippen LogP) is 6.08. The molecule has 2 aromatic rings. The summed E-state index contributed by atoms with van der Waals surface area (Å²) < 4.78 is 13.2. The van der Waals surface area contributed by atoms with Crippen LogP contribution in [0, 0.1) is 17.2 Å². The number of rotatable bonds is 5. The number of fused-ring (bicyclic) bond motifs is 3. The summed E-state index contributed by atoms with van der Waals surface area (Å²) in [7, 11) is 0. The number of hydrogen-bond acceptors (Lipinski definition) is 3. The molecular formula is C29H37FN4O2. The summed E-state index contributed by atoms with van der Waals surface area (Å²) in [4.78, 5) is 29.3. The van der Waals surface area contributed by atoms with Gasteiger partial charge in [0.15, 0.2) is 0 Å². The maximum absolute atomic E-state index is 14.3. The smallest absolute Gasteiger partial charge is 0.319 e. The zero-order valence-corrected chi connectivity index (χ0v) is 21.2. The summed E-state index contributed by atoms with van der Waals surface area (Å²) in [6.07, 6.45) is 6.63. The zero-order valence-electron chi connectivity index (χ0n) is 21.2. The summed E-state index contributed by atoms with van der Waals surface area (Å²) in [5, 5.41) is 9.64. The first-order valence-electron chi connectivity index (χ1n) is 13.4. The third-order valence-corrected chi connectivity index (χ3v) is 8.55. The Balaban J connectivity index is 1.37. The predicted molar refractivity (Wildman–Crippen MR) is 140 cm³/mol. The molecule has 2 aromatic carbocycles. The molecule has 7 heteroatoms. The molecule has 2 aliphatic heterocycles. The number of benzene rings is 2. The lowest BCUT2D eigenvalue weighted by molar-refractivity contribution is -0.146. The summed E-state index contributed by atoms with van der Waals surface area (Å²) >= 11 is 0. The van der Waals surface area contributed by atoms with Gasteiger partial charge in [0.2, 0.25) is 5.91 Å². The fourth-order valence-corrected chi connectivity index (χ4v) is 6.66. The number of amides is 3. The molecule has 3 aliphatic rings. The van der Waals surface area contributed by atoms with Crippen LogP contribution in [-0.2, 0) is 4.79 Å². The first kappa shape index (κ1) is 24.6. The quantitative estimate of drug-likeness (QED) is 0.474. The first-order chi connectivity index (χ1) is 17.4. The third-order valence-electron chi connectivity index (χ3n) is 8.55. The molecule has 0 unspecified atom stereocenters. The Morgan fingerprint density at radius 1 is 1.11 bits per heavy atom. The first-order valence-corrected chi connectivity index (χ1v) is 13.4. The fraction of sp³-hybridized carbons (Fsp3) is 0.517. The van der Waals surface area contributed by atoms with E-state index in [1.54, 1.807) is 0 Å². The van der Waals surface area contributed by atoms with E-state index >= 15 is 0 Å². The highest BCUT2D eigenvalue weighted by Gasteiger charge is 2.52. The molecule has 1 saturated carbocycles. The van der Waals surface area contributed by atoms with Gasteiger partial charge in [0, 0.05) is 35.9 Å². The zero-order chi connectivity index (χ0) is 25.3. The number of halogens is 1. The molecule has 1 saturated heterocycles. The van der Waals surface area contributed by atoms with Crippen molar-refractivity contribution in [2.75, 3.05) is 17.2 Å². The van der Waals surface area contributed by atoms with Crippen LogP contribution in [0.3, 0.4) is 0 Å². The SMILES string of the molecule is CCC[C@@H]1Nc2ccccc2[C@H]2[C@@H]1CCN2C(=O)[C@]1(C)CCCC[C@H]1NC(=O)Nc1ccc(F)cc1. The number of nitrogens with one attached hydrogen (secondary N) is 3. The van der Waals surface area contributed by atoms with Crippen LogP contribution < -0.4 is 16.0 Å². The molecule has 192 valence electrons. The standard InChI is InChI=1S/C29H37FN4O2/c1-3-8-23-22-16-18-34(26(22)21-9-4-5-10-24(21)32-23)27(35)29(2)17-7-6-11-25(29)33-28(36)31-20-14-12-19(30)13-15-20/h4-5,9-10,12-15,22-23,25-26,32H,3,6-8,11,16-18H2,1-2H3,(H2,31,33,36)/t22-,23+,25-,26+,29-/m1/s1. The van der Waals surface area contributed by atoms with Gasteiger partial charge in [0.05, 0.1) is 11.5 Å². The van der Waals surface area contributed by atoms with Gasteiger partial charge in [-0.1, -0.05) is 44.4 Å². The minimum absolute atomic E-state index is 0.0685. The summed E-state index contributed by atoms with van der Waals surface area (Å²) in [6, 6.07) is 13.9. The van der Waals surface area contributed by atoms with Gasteiger partial charge in [-0.15, -0.1) is 0 Å². The van der Waals surface area contributed by atoms with E-state index in [4.69, 9.17) is 0 Å². The van der Waals surface area contributed by atoms with Crippen LogP contribution >= 0.6 is 0 Å². The second-order valence-electron chi connectivity index (χ2n) is 10.8. The van der Waals surface area contributed by atoms with Gasteiger partial charge in [-0.2, -0.15) is 0 Å². The number of nitrogens with zero attached hydrogens (tertiary/aromatic N) is 1. The van der Waals surface area contributed by atoms with Crippen molar-refractivity contribution in [3.05, 3.63) is 59.9 Å². The average Bonchev–Trinajstić information content (AvgIpc) is 3.32. The molecule has 2 heterocycles. The Morgan fingerprint density at radius 2 is 1.89 bits per heavy atom. The fourth-order valence-electron chi connectivity index (χ4n) is 6.66. The summed E-state index contributed by atoms with van der Waals surface area (Å²) in [5.41, 5.74) is 2.19. The molecule has 0 radical (unpaired) electrons. The molecule has 0 bridgehead atoms. The van der Waals surface area contributed by atoms with Crippen molar-refractivity contribution in [2.24, 2.45) is 11.3 Å². The number of para-hydroxylation sites is 1. The van der Waals surface area contributed by atoms with Gasteiger partial charge in [-0.25, -0.2) is 9.18 Å². The molecule has 3 amide bonds. The molecule has 0 aromatic heterocycles. The lowest BCUT2D eigenvalue weighted by Gasteiger charge is -2.46. The minimum Gasteiger partial charge on any atom is -0.382 e. The highest BCUT2D eigenvalue weighted by molar-refractivity contribution is 5.91. The van der Waals surface area contributed by atoms with E-state index in [0.717, 1.165) is 57.2 Å². The van der Waals surface area contributed by atoms with Crippen molar-refractivity contribution in [1.82, 2.24) is 10.2 Å². The van der Waals surface area contributed by atoms with E-state index in [9.17, 15) is 14.0 Å². The van der Waals surface area contributed by atoms with E-state index in [0.29, 0.717) is 17.6 Å². The molecule has 5 atom stereocenters. The van der Waals surface area contributed by atoms with E-state index < -0.39 is 5.41 Å². The Morgan fingerprint density at radius 3 is 2.67 bits per heavy atom. The second kappa shape index (κ2) is 10.1. The van der Waals surface area contributed by atoms with Crippen molar-refractivity contribution in [3.8, 4) is 0 Å². The van der Waals surface area contributed by atoms with Crippen molar-refractivity contribution in [2.45, 2.75) is 76.9 Å². The Kier molecular flexibility index (Phi) is 6.91. The number of carbonyl (C=O) groups excluding carboxylic acids is 2. The molecule has 0 spiro atoms. The summed E-state index contributed by atoms with van der Waals surface area (Å²) in [6.45, 7) is 4.99. The van der Waals surface area contributed by atoms with Gasteiger partial charge in [-0.05, 0) is 68.5 Å². The van der Waals surface area contributed by atoms with E-state index in [1.807, 2.05) is 6.92 Å². The number of likely N-dealkylation sites (tertiary alicyclic amines) is 1. The summed E-state index contributed by atoms with van der Waals surface area (Å²) in [5.74, 6) is 0.189. The maximum atomic E-state index is 14.3. The Labute approximate surface area is 213 Å². The van der Waals surface area contributed by atoms with Gasteiger partial charge < -0.3 is 20.9 Å². The van der Waals surface area contributed by atoms with Crippen molar-refractivity contribution < 1.29 is 14.0 Å². The number of urea groups is 1. The minimum atomic E-state index is -0.673. The number of carbonyl (C=O) groups is 2. The van der Waals surface area contributed by atoms with Crippen molar-refractivity contribution in [3.63, 3.8) is 0 Å². The van der Waals surface area contributed by atoms with Gasteiger partial charge in [-0.3, -0.25) is 4.79 Å². The van der Waals surface area contributed by atoms with Crippen LogP contribution in [0.1, 0.15) is 70.4 Å². The average molecular weight is 493 g/mol. The van der Waals surface area contributed by atoms with E-state index in [2.05, 4.69) is 52.0 Å². The Hall–Kier alpha value is -3.09. The number of anilines is 2. The van der Waals surface area contributed by atoms with Crippen LogP contribution in [0.5, 0.6) is 0 Å². The lowest BCUT2D eigenvalue weighted by atomic mass is 9.70. The van der Waals surface area contributed by atoms with Gasteiger partial charge in [0.25, 0.3) is 0 Å². The molecule has 1 aliphatic carbocycles. The van der Waals surface area contributed by atoms with Gasteiger partial charge >= 0.3 is 6.03 Å². The maximum Gasteiger partial charge on any atom is 0.319 e. The van der Waals surface area contributed by atoms with E-state index in [-0.39, 0.29) is 29.8 Å². The monoisotopic (exact) mass is 492 g/mol. The lowest BCUT2D eigenvalue weighted by Crippen LogP contribution is -2.57. The molecule has 5 rings (SSSR count). The van der Waals surface area contributed by atoms with Crippen LogP contribution in [-0.4, -0.2) is 35.5 Å². The molecule has 3 N–H and O–H groups in total. The van der Waals surface area contributed by atoms with Crippen LogP contribution in [0.4, 0.5) is 20.6 Å². The molecule has 36 heavy (non-hydrogen) atoms. The second-order valence-corrected chi connectivity index (χ2v) is 10.8.